The molecule has 5 nitrogen and oxygen atoms in total. The number of nitrogens with zero attached hydrogens (tertiary/aromatic N) is 2. The van der Waals surface area contributed by atoms with Crippen LogP contribution < -0.4 is 0 Å². The highest BCUT2D eigenvalue weighted by Crippen LogP contribution is 2.37. The lowest BCUT2D eigenvalue weighted by Crippen LogP contribution is -2.31. The summed E-state index contributed by atoms with van der Waals surface area (Å²) in [5.74, 6) is 0.647. The Hall–Kier alpha value is -1.66. The summed E-state index contributed by atoms with van der Waals surface area (Å²) in [5, 5.41) is 4.00. The van der Waals surface area contributed by atoms with Crippen LogP contribution in [0.4, 0.5) is 0 Å². The molecule has 0 radical (unpaired) electrons. The van der Waals surface area contributed by atoms with Gasteiger partial charge in [0.15, 0.2) is 5.76 Å². The van der Waals surface area contributed by atoms with Gasteiger partial charge in [0.2, 0.25) is 10.0 Å². The van der Waals surface area contributed by atoms with Crippen LogP contribution in [-0.4, -0.2) is 24.4 Å². The molecule has 6 heteroatoms. The molecule has 0 spiro atoms. The Bertz CT molecular complexity index is 811. The molecular weight excluding hydrogens is 312 g/mol. The zero-order valence-corrected chi connectivity index (χ0v) is 14.6. The molecule has 0 N–H and O–H groups in total. The summed E-state index contributed by atoms with van der Waals surface area (Å²) < 4.78 is 33.2. The molecule has 124 valence electrons. The number of hydrogen-bond donors (Lipinski definition) is 0. The van der Waals surface area contributed by atoms with Crippen LogP contribution in [0.3, 0.4) is 0 Å². The fourth-order valence-corrected chi connectivity index (χ4v) is 5.05. The van der Waals surface area contributed by atoms with Gasteiger partial charge in [-0.3, -0.25) is 0 Å². The monoisotopic (exact) mass is 334 g/mol. The minimum Gasteiger partial charge on any atom is -0.359 e. The second kappa shape index (κ2) is 6.09. The van der Waals surface area contributed by atoms with E-state index >= 15 is 0 Å². The first-order valence-corrected chi connectivity index (χ1v) is 9.42. The lowest BCUT2D eigenvalue weighted by Gasteiger charge is -2.23. The van der Waals surface area contributed by atoms with Crippen molar-refractivity contribution in [3.63, 3.8) is 0 Å². The molecule has 1 aliphatic rings. The van der Waals surface area contributed by atoms with Gasteiger partial charge < -0.3 is 4.52 Å². The van der Waals surface area contributed by atoms with Crippen molar-refractivity contribution < 1.29 is 12.9 Å². The average molecular weight is 334 g/mol. The van der Waals surface area contributed by atoms with Crippen LogP contribution in [0, 0.1) is 13.8 Å². The number of aryl methyl sites for hydroxylation is 3. The van der Waals surface area contributed by atoms with Crippen molar-refractivity contribution in [2.24, 2.45) is 0 Å². The number of aromatic nitrogens is 1. The molecule has 23 heavy (non-hydrogen) atoms. The zero-order valence-electron chi connectivity index (χ0n) is 13.7. The quantitative estimate of drug-likeness (QED) is 0.860. The van der Waals surface area contributed by atoms with Crippen LogP contribution in [0.2, 0.25) is 0 Å². The number of sulfonamides is 1. The molecule has 1 aliphatic heterocycles. The number of rotatable bonds is 4. The van der Waals surface area contributed by atoms with Gasteiger partial charge in [0.1, 0.15) is 0 Å². The Kier molecular flexibility index (Phi) is 4.29. The summed E-state index contributed by atoms with van der Waals surface area (Å²) in [4.78, 5) is 0.389. The Morgan fingerprint density at radius 2 is 2.09 bits per heavy atom. The predicted molar refractivity (Wildman–Crippen MR) is 87.7 cm³/mol. The lowest BCUT2D eigenvalue weighted by atomic mass is 10.1. The molecule has 0 bridgehead atoms. The van der Waals surface area contributed by atoms with E-state index in [0.717, 1.165) is 36.1 Å². The fraction of sp³-hybridized carbons (Fsp3) is 0.471. The van der Waals surface area contributed by atoms with Crippen molar-refractivity contribution in [1.82, 2.24) is 9.46 Å². The van der Waals surface area contributed by atoms with E-state index in [4.69, 9.17) is 4.52 Å². The third-order valence-corrected chi connectivity index (χ3v) is 6.45. The van der Waals surface area contributed by atoms with Crippen molar-refractivity contribution in [2.45, 2.75) is 51.0 Å². The highest BCUT2D eigenvalue weighted by atomic mass is 32.2. The average Bonchev–Trinajstić information content (AvgIpc) is 3.17. The van der Waals surface area contributed by atoms with Crippen LogP contribution in [0.1, 0.15) is 48.4 Å². The first-order valence-electron chi connectivity index (χ1n) is 7.98. The van der Waals surface area contributed by atoms with Gasteiger partial charge in [-0.15, -0.1) is 0 Å². The van der Waals surface area contributed by atoms with Crippen LogP contribution >= 0.6 is 0 Å². The van der Waals surface area contributed by atoms with Gasteiger partial charge in [-0.25, -0.2) is 8.42 Å². The van der Waals surface area contributed by atoms with Gasteiger partial charge in [-0.05, 0) is 50.3 Å². The van der Waals surface area contributed by atoms with E-state index in [0.29, 0.717) is 17.2 Å². The van der Waals surface area contributed by atoms with Gasteiger partial charge in [0.05, 0.1) is 16.6 Å². The standard InChI is InChI=1S/C17H22N2O3S/c1-4-14-11-16(22-18-14)15-6-5-9-19(15)23(20,21)17-10-12(2)7-8-13(17)3/h7-8,10-11,15H,4-6,9H2,1-3H3/t15-/m0/s1. The van der Waals surface area contributed by atoms with E-state index in [9.17, 15) is 8.42 Å². The molecular formula is C17H22N2O3S. The first kappa shape index (κ1) is 16.2. The molecule has 1 aromatic carbocycles. The van der Waals surface area contributed by atoms with Crippen molar-refractivity contribution in [3.05, 3.63) is 46.8 Å². The summed E-state index contributed by atoms with van der Waals surface area (Å²) in [6, 6.07) is 7.16. The normalized spacial score (nSPS) is 19.3. The van der Waals surface area contributed by atoms with Crippen molar-refractivity contribution in [1.29, 1.82) is 0 Å². The third kappa shape index (κ3) is 2.93. The summed E-state index contributed by atoms with van der Waals surface area (Å²) in [6.45, 7) is 6.26. The van der Waals surface area contributed by atoms with E-state index in [1.54, 1.807) is 10.4 Å². The molecule has 3 rings (SSSR count). The lowest BCUT2D eigenvalue weighted by molar-refractivity contribution is 0.296. The van der Waals surface area contributed by atoms with E-state index in [-0.39, 0.29) is 6.04 Å². The van der Waals surface area contributed by atoms with Crippen LogP contribution in [0.5, 0.6) is 0 Å². The topological polar surface area (TPSA) is 63.4 Å². The van der Waals surface area contributed by atoms with E-state index < -0.39 is 10.0 Å². The molecule has 0 amide bonds. The minimum atomic E-state index is -3.54. The summed E-state index contributed by atoms with van der Waals surface area (Å²) in [6.07, 6.45) is 2.37. The molecule has 0 saturated carbocycles. The summed E-state index contributed by atoms with van der Waals surface area (Å²) >= 11 is 0. The highest BCUT2D eigenvalue weighted by Gasteiger charge is 2.38. The predicted octanol–water partition coefficient (Wildman–Crippen LogP) is 3.38. The molecule has 2 heterocycles. The van der Waals surface area contributed by atoms with Crippen LogP contribution in [0.25, 0.3) is 0 Å². The molecule has 1 atom stereocenters. The maximum Gasteiger partial charge on any atom is 0.244 e. The Morgan fingerprint density at radius 3 is 2.78 bits per heavy atom. The first-order chi connectivity index (χ1) is 10.9. The highest BCUT2D eigenvalue weighted by molar-refractivity contribution is 7.89. The van der Waals surface area contributed by atoms with E-state index in [1.165, 1.54) is 0 Å². The van der Waals surface area contributed by atoms with Gasteiger partial charge in [-0.2, -0.15) is 4.31 Å². The number of hydrogen-bond acceptors (Lipinski definition) is 4. The maximum atomic E-state index is 13.1. The molecule has 1 saturated heterocycles. The van der Waals surface area contributed by atoms with Crippen LogP contribution in [0.15, 0.2) is 33.7 Å². The SMILES string of the molecule is CCc1cc([C@@H]2CCCN2S(=O)(=O)c2cc(C)ccc2C)on1. The molecule has 0 aliphatic carbocycles. The Labute approximate surface area is 137 Å². The molecule has 2 aromatic rings. The molecule has 1 fully saturated rings. The molecule has 0 unspecified atom stereocenters. The van der Waals surface area contributed by atoms with Gasteiger partial charge in [0.25, 0.3) is 0 Å². The third-order valence-electron chi connectivity index (χ3n) is 4.40. The van der Waals surface area contributed by atoms with Crippen molar-refractivity contribution in [2.75, 3.05) is 6.54 Å². The van der Waals surface area contributed by atoms with E-state index in [2.05, 4.69) is 5.16 Å². The number of benzene rings is 1. The smallest absolute Gasteiger partial charge is 0.244 e. The zero-order chi connectivity index (χ0) is 16.6. The fourth-order valence-electron chi connectivity index (χ4n) is 3.08. The van der Waals surface area contributed by atoms with Crippen molar-refractivity contribution >= 4 is 10.0 Å². The van der Waals surface area contributed by atoms with Gasteiger partial charge in [0, 0.05) is 12.6 Å². The summed E-state index contributed by atoms with van der Waals surface area (Å²) in [5.41, 5.74) is 2.57. The van der Waals surface area contributed by atoms with Crippen molar-refractivity contribution in [3.8, 4) is 0 Å². The second-order valence-corrected chi connectivity index (χ2v) is 7.98. The largest absolute Gasteiger partial charge is 0.359 e. The van der Waals surface area contributed by atoms with Gasteiger partial charge >= 0.3 is 0 Å². The second-order valence-electron chi connectivity index (χ2n) is 6.12. The Morgan fingerprint density at radius 1 is 1.30 bits per heavy atom. The van der Waals surface area contributed by atoms with E-state index in [1.807, 2.05) is 39.0 Å². The van der Waals surface area contributed by atoms with Crippen LogP contribution in [-0.2, 0) is 16.4 Å². The van der Waals surface area contributed by atoms with Gasteiger partial charge in [-0.1, -0.05) is 24.2 Å². The Balaban J connectivity index is 1.99. The molecule has 1 aromatic heterocycles. The minimum absolute atomic E-state index is 0.257. The summed E-state index contributed by atoms with van der Waals surface area (Å²) in [7, 11) is -3.54. The maximum absolute atomic E-state index is 13.1.